The van der Waals surface area contributed by atoms with E-state index in [1.807, 2.05) is 0 Å². The topological polar surface area (TPSA) is 46.5 Å². The second kappa shape index (κ2) is 5.22. The summed E-state index contributed by atoms with van der Waals surface area (Å²) in [6, 6.07) is 4.66. The van der Waals surface area contributed by atoms with E-state index in [4.69, 9.17) is 16.3 Å². The summed E-state index contributed by atoms with van der Waals surface area (Å²) in [5.74, 6) is 4.92. The van der Waals surface area contributed by atoms with Crippen molar-refractivity contribution in [3.63, 3.8) is 0 Å². The lowest BCUT2D eigenvalue weighted by Gasteiger charge is -2.06. The minimum absolute atomic E-state index is 0.350. The summed E-state index contributed by atoms with van der Waals surface area (Å²) >= 11 is 5.89. The van der Waals surface area contributed by atoms with Crippen LogP contribution in [0.2, 0.25) is 5.02 Å². The predicted molar refractivity (Wildman–Crippen MR) is 66.4 cm³/mol. The van der Waals surface area contributed by atoms with E-state index < -0.39 is 11.4 Å². The molecule has 0 amide bonds. The number of Topliss-reactive ketones (excluding diaryl/α,β-unsaturated/α-hetero) is 1. The molecule has 90 valence electrons. The number of benzene rings is 1. The second-order valence-electron chi connectivity index (χ2n) is 3.99. The lowest BCUT2D eigenvalue weighted by Crippen LogP contribution is -2.15. The molecule has 0 bridgehead atoms. The molecule has 0 unspecified atom stereocenters. The number of halogens is 1. The molecule has 0 aliphatic rings. The summed E-state index contributed by atoms with van der Waals surface area (Å²) in [7, 11) is 1.50. The molecule has 0 spiro atoms. The van der Waals surface area contributed by atoms with Gasteiger partial charge < -0.3 is 9.84 Å². The number of aliphatic hydroxyl groups is 1. The van der Waals surface area contributed by atoms with Crippen LogP contribution in [0.15, 0.2) is 18.2 Å². The summed E-state index contributed by atoms with van der Waals surface area (Å²) in [6.45, 7) is 3.02. The molecule has 0 heterocycles. The fraction of sp³-hybridized carbons (Fsp3) is 0.308. The van der Waals surface area contributed by atoms with E-state index in [2.05, 4.69) is 11.8 Å². The number of rotatable bonds is 2. The lowest BCUT2D eigenvalue weighted by atomic mass is 10.1. The van der Waals surface area contributed by atoms with Gasteiger partial charge in [-0.25, -0.2) is 0 Å². The molecule has 1 rings (SSSR count). The molecule has 3 nitrogen and oxygen atoms in total. The average Bonchev–Trinajstić information content (AvgIpc) is 2.24. The minimum Gasteiger partial charge on any atom is -0.495 e. The molecule has 0 aliphatic heterocycles. The van der Waals surface area contributed by atoms with Gasteiger partial charge in [-0.15, -0.1) is 0 Å². The van der Waals surface area contributed by atoms with Crippen molar-refractivity contribution in [3.8, 4) is 17.6 Å². The van der Waals surface area contributed by atoms with Crippen molar-refractivity contribution in [3.05, 3.63) is 28.8 Å². The summed E-state index contributed by atoms with van der Waals surface area (Å²) in [5.41, 5.74) is -0.820. The van der Waals surface area contributed by atoms with Crippen LogP contribution in [0.3, 0.4) is 0 Å². The SMILES string of the molecule is COc1ccc(C(=O)C#CC(C)(C)O)cc1Cl. The van der Waals surface area contributed by atoms with Gasteiger partial charge in [0.05, 0.1) is 12.1 Å². The van der Waals surface area contributed by atoms with E-state index in [0.29, 0.717) is 16.3 Å². The number of carbonyl (C=O) groups is 1. The summed E-state index contributed by atoms with van der Waals surface area (Å²) in [4.78, 5) is 11.7. The zero-order valence-electron chi connectivity index (χ0n) is 9.87. The van der Waals surface area contributed by atoms with Crippen LogP contribution >= 0.6 is 11.6 Å². The van der Waals surface area contributed by atoms with E-state index in [-0.39, 0.29) is 0 Å². The van der Waals surface area contributed by atoms with Crippen LogP contribution in [-0.4, -0.2) is 23.6 Å². The van der Waals surface area contributed by atoms with E-state index in [1.165, 1.54) is 27.0 Å². The Morgan fingerprint density at radius 3 is 2.59 bits per heavy atom. The number of hydrogen-bond donors (Lipinski definition) is 1. The van der Waals surface area contributed by atoms with Crippen molar-refractivity contribution >= 4 is 17.4 Å². The van der Waals surface area contributed by atoms with Crippen LogP contribution in [0.4, 0.5) is 0 Å². The zero-order valence-corrected chi connectivity index (χ0v) is 10.6. The highest BCUT2D eigenvalue weighted by atomic mass is 35.5. The van der Waals surface area contributed by atoms with Crippen molar-refractivity contribution in [1.82, 2.24) is 0 Å². The molecular weight excluding hydrogens is 240 g/mol. The zero-order chi connectivity index (χ0) is 13.1. The Morgan fingerprint density at radius 1 is 1.47 bits per heavy atom. The molecule has 0 aromatic heterocycles. The summed E-state index contributed by atoms with van der Waals surface area (Å²) in [6.07, 6.45) is 0. The number of hydrogen-bond acceptors (Lipinski definition) is 3. The standard InChI is InChI=1S/C13H13ClO3/c1-13(2,16)7-6-11(15)9-4-5-12(17-3)10(14)8-9/h4-5,8,16H,1-3H3. The monoisotopic (exact) mass is 252 g/mol. The van der Waals surface area contributed by atoms with Crippen LogP contribution in [-0.2, 0) is 0 Å². The average molecular weight is 253 g/mol. The molecule has 0 fully saturated rings. The maximum atomic E-state index is 11.7. The third-order valence-corrected chi connectivity index (χ3v) is 2.19. The van der Waals surface area contributed by atoms with Gasteiger partial charge in [-0.3, -0.25) is 4.79 Å². The van der Waals surface area contributed by atoms with Gasteiger partial charge >= 0.3 is 0 Å². The van der Waals surface area contributed by atoms with Gasteiger partial charge in [0.2, 0.25) is 5.78 Å². The Morgan fingerprint density at radius 2 is 2.12 bits per heavy atom. The molecule has 1 N–H and O–H groups in total. The van der Waals surface area contributed by atoms with Crippen molar-refractivity contribution in [2.45, 2.75) is 19.4 Å². The number of carbonyl (C=O) groups excluding carboxylic acids is 1. The van der Waals surface area contributed by atoms with Crippen LogP contribution in [0.1, 0.15) is 24.2 Å². The van der Waals surface area contributed by atoms with Gasteiger partial charge in [-0.2, -0.15) is 0 Å². The Bertz CT molecular complexity index is 490. The fourth-order valence-electron chi connectivity index (χ4n) is 1.09. The maximum absolute atomic E-state index is 11.7. The Labute approximate surface area is 105 Å². The predicted octanol–water partition coefficient (Wildman–Crippen LogP) is 2.31. The third-order valence-electron chi connectivity index (χ3n) is 1.90. The highest BCUT2D eigenvalue weighted by molar-refractivity contribution is 6.32. The van der Waals surface area contributed by atoms with Crippen LogP contribution in [0.5, 0.6) is 5.75 Å². The molecule has 0 saturated heterocycles. The first-order chi connectivity index (χ1) is 7.83. The van der Waals surface area contributed by atoms with E-state index in [0.717, 1.165) is 0 Å². The first-order valence-electron chi connectivity index (χ1n) is 4.97. The van der Waals surface area contributed by atoms with Gasteiger partial charge in [0, 0.05) is 5.56 Å². The van der Waals surface area contributed by atoms with E-state index in [9.17, 15) is 9.90 Å². The van der Waals surface area contributed by atoms with E-state index in [1.54, 1.807) is 12.1 Å². The molecule has 0 atom stereocenters. The number of ketones is 1. The van der Waals surface area contributed by atoms with Gasteiger partial charge in [0.15, 0.2) is 0 Å². The Hall–Kier alpha value is -1.50. The summed E-state index contributed by atoms with van der Waals surface area (Å²) in [5, 5.41) is 9.73. The van der Waals surface area contributed by atoms with Crippen molar-refractivity contribution in [2.75, 3.05) is 7.11 Å². The maximum Gasteiger partial charge on any atom is 0.236 e. The van der Waals surface area contributed by atoms with Crippen molar-refractivity contribution in [1.29, 1.82) is 0 Å². The summed E-state index contributed by atoms with van der Waals surface area (Å²) < 4.78 is 4.97. The molecular formula is C13H13ClO3. The van der Waals surface area contributed by atoms with Gasteiger partial charge in [-0.05, 0) is 38.0 Å². The molecule has 0 radical (unpaired) electrons. The van der Waals surface area contributed by atoms with Crippen LogP contribution in [0.25, 0.3) is 0 Å². The second-order valence-corrected chi connectivity index (χ2v) is 4.39. The fourth-order valence-corrected chi connectivity index (χ4v) is 1.35. The molecule has 1 aromatic carbocycles. The first kappa shape index (κ1) is 13.6. The minimum atomic E-state index is -1.19. The lowest BCUT2D eigenvalue weighted by molar-refractivity contribution is 0.105. The highest BCUT2D eigenvalue weighted by Gasteiger charge is 2.10. The molecule has 0 saturated carbocycles. The van der Waals surface area contributed by atoms with Crippen molar-refractivity contribution < 1.29 is 14.6 Å². The van der Waals surface area contributed by atoms with E-state index >= 15 is 0 Å². The van der Waals surface area contributed by atoms with Crippen molar-refractivity contribution in [2.24, 2.45) is 0 Å². The normalized spacial score (nSPS) is 10.4. The smallest absolute Gasteiger partial charge is 0.236 e. The molecule has 4 heteroatoms. The molecule has 1 aromatic rings. The number of ether oxygens (including phenoxy) is 1. The van der Waals surface area contributed by atoms with Gasteiger partial charge in [0.1, 0.15) is 11.4 Å². The molecule has 0 aliphatic carbocycles. The third kappa shape index (κ3) is 4.10. The quantitative estimate of drug-likeness (QED) is 0.499. The highest BCUT2D eigenvalue weighted by Crippen LogP contribution is 2.24. The Balaban J connectivity index is 2.97. The number of methoxy groups -OCH3 is 1. The van der Waals surface area contributed by atoms with Crippen LogP contribution < -0.4 is 4.74 Å². The van der Waals surface area contributed by atoms with Gasteiger partial charge in [-0.1, -0.05) is 17.5 Å². The molecule has 17 heavy (non-hydrogen) atoms. The first-order valence-corrected chi connectivity index (χ1v) is 5.35. The van der Waals surface area contributed by atoms with Gasteiger partial charge in [0.25, 0.3) is 0 Å². The Kier molecular flexibility index (Phi) is 4.17. The van der Waals surface area contributed by atoms with Crippen LogP contribution in [0, 0.1) is 11.8 Å². The largest absolute Gasteiger partial charge is 0.495 e.